The summed E-state index contributed by atoms with van der Waals surface area (Å²) in [5, 5.41) is 3.54. The predicted molar refractivity (Wildman–Crippen MR) is 106 cm³/mol. The molecule has 0 unspecified atom stereocenters. The number of nitrogens with zero attached hydrogens (tertiary/aromatic N) is 2. The van der Waals surface area contributed by atoms with Crippen LogP contribution in [0.25, 0.3) is 10.8 Å². The van der Waals surface area contributed by atoms with Crippen LogP contribution in [-0.2, 0) is 13.1 Å². The van der Waals surface area contributed by atoms with Crippen molar-refractivity contribution >= 4 is 22.4 Å². The van der Waals surface area contributed by atoms with Gasteiger partial charge in [-0.05, 0) is 34.0 Å². The summed E-state index contributed by atoms with van der Waals surface area (Å²) in [6.45, 7) is 6.47. The van der Waals surface area contributed by atoms with Gasteiger partial charge in [0, 0.05) is 44.3 Å². The molecule has 3 aromatic rings. The molecule has 0 N–H and O–H groups in total. The molecule has 4 rings (SSSR count). The van der Waals surface area contributed by atoms with Crippen molar-refractivity contribution in [3.05, 3.63) is 82.9 Å². The Bertz CT molecular complexity index is 848. The third kappa shape index (κ3) is 4.04. The van der Waals surface area contributed by atoms with Gasteiger partial charge in [0.15, 0.2) is 0 Å². The van der Waals surface area contributed by atoms with Gasteiger partial charge in [-0.3, -0.25) is 9.80 Å². The first kappa shape index (κ1) is 16.6. The fourth-order valence-corrected chi connectivity index (χ4v) is 3.88. The van der Waals surface area contributed by atoms with E-state index < -0.39 is 0 Å². The average molecular weight is 351 g/mol. The Balaban J connectivity index is 1.37. The molecule has 2 nitrogen and oxygen atoms in total. The van der Waals surface area contributed by atoms with Gasteiger partial charge in [-0.25, -0.2) is 0 Å². The van der Waals surface area contributed by atoms with E-state index in [1.54, 1.807) is 0 Å². The van der Waals surface area contributed by atoms with Gasteiger partial charge in [0.1, 0.15) is 0 Å². The van der Waals surface area contributed by atoms with E-state index in [0.29, 0.717) is 0 Å². The summed E-state index contributed by atoms with van der Waals surface area (Å²) in [5.41, 5.74) is 2.73. The second-order valence-electron chi connectivity index (χ2n) is 6.82. The number of fused-ring (bicyclic) bond motifs is 1. The molecule has 0 amide bonds. The van der Waals surface area contributed by atoms with Crippen LogP contribution < -0.4 is 0 Å². The standard InChI is InChI=1S/C22H23ClN2/c23-21-9-3-5-18(15-21)16-24-11-13-25(14-12-24)17-20-8-4-7-19-6-1-2-10-22(19)20/h1-10,15H,11-14,16-17H2. The molecule has 25 heavy (non-hydrogen) atoms. The summed E-state index contributed by atoms with van der Waals surface area (Å²) in [7, 11) is 0. The summed E-state index contributed by atoms with van der Waals surface area (Å²) in [4.78, 5) is 5.08. The largest absolute Gasteiger partial charge is 0.297 e. The molecule has 0 saturated carbocycles. The highest BCUT2D eigenvalue weighted by Gasteiger charge is 2.17. The third-order valence-corrected chi connectivity index (χ3v) is 5.27. The smallest absolute Gasteiger partial charge is 0.0409 e. The van der Waals surface area contributed by atoms with E-state index in [2.05, 4.69) is 64.4 Å². The van der Waals surface area contributed by atoms with E-state index in [1.807, 2.05) is 12.1 Å². The van der Waals surface area contributed by atoms with Crippen LogP contribution in [0.2, 0.25) is 5.02 Å². The van der Waals surface area contributed by atoms with E-state index >= 15 is 0 Å². The molecule has 0 aromatic heterocycles. The van der Waals surface area contributed by atoms with Crippen LogP contribution in [0.5, 0.6) is 0 Å². The second-order valence-corrected chi connectivity index (χ2v) is 7.26. The minimum Gasteiger partial charge on any atom is -0.297 e. The van der Waals surface area contributed by atoms with Crippen LogP contribution >= 0.6 is 11.6 Å². The third-order valence-electron chi connectivity index (χ3n) is 5.03. The number of hydrogen-bond donors (Lipinski definition) is 0. The van der Waals surface area contributed by atoms with E-state index in [1.165, 1.54) is 21.9 Å². The van der Waals surface area contributed by atoms with Crippen LogP contribution in [0.1, 0.15) is 11.1 Å². The van der Waals surface area contributed by atoms with Crippen molar-refractivity contribution in [1.82, 2.24) is 9.80 Å². The number of benzene rings is 3. The normalized spacial score (nSPS) is 16.4. The summed E-state index contributed by atoms with van der Waals surface area (Å²) >= 11 is 6.10. The van der Waals surface area contributed by atoms with Crippen molar-refractivity contribution < 1.29 is 0 Å². The van der Waals surface area contributed by atoms with Gasteiger partial charge in [0.25, 0.3) is 0 Å². The zero-order chi connectivity index (χ0) is 17.1. The Morgan fingerprint density at radius 1 is 0.720 bits per heavy atom. The molecule has 3 heteroatoms. The minimum atomic E-state index is 0.826. The lowest BCUT2D eigenvalue weighted by atomic mass is 10.0. The molecular formula is C22H23ClN2. The molecule has 0 spiro atoms. The molecule has 3 aromatic carbocycles. The first-order chi connectivity index (χ1) is 12.3. The molecule has 1 aliphatic rings. The van der Waals surface area contributed by atoms with Gasteiger partial charge in [0.05, 0.1) is 0 Å². The molecule has 1 heterocycles. The maximum atomic E-state index is 6.10. The molecule has 0 bridgehead atoms. The quantitative estimate of drug-likeness (QED) is 0.666. The van der Waals surface area contributed by atoms with E-state index in [0.717, 1.165) is 44.3 Å². The van der Waals surface area contributed by atoms with Crippen LogP contribution in [0.15, 0.2) is 66.7 Å². The lowest BCUT2D eigenvalue weighted by molar-refractivity contribution is 0.122. The van der Waals surface area contributed by atoms with Crippen LogP contribution in [0.3, 0.4) is 0 Å². The summed E-state index contributed by atoms with van der Waals surface area (Å²) in [6, 6.07) is 23.5. The first-order valence-corrected chi connectivity index (χ1v) is 9.31. The van der Waals surface area contributed by atoms with Crippen molar-refractivity contribution in [2.75, 3.05) is 26.2 Å². The van der Waals surface area contributed by atoms with Gasteiger partial charge >= 0.3 is 0 Å². The highest BCUT2D eigenvalue weighted by Crippen LogP contribution is 2.21. The van der Waals surface area contributed by atoms with E-state index in [-0.39, 0.29) is 0 Å². The average Bonchev–Trinajstić information content (AvgIpc) is 2.64. The molecule has 1 saturated heterocycles. The maximum Gasteiger partial charge on any atom is 0.0409 e. The van der Waals surface area contributed by atoms with Crippen molar-refractivity contribution in [1.29, 1.82) is 0 Å². The number of halogens is 1. The Morgan fingerprint density at radius 3 is 2.20 bits per heavy atom. The highest BCUT2D eigenvalue weighted by atomic mass is 35.5. The summed E-state index contributed by atoms with van der Waals surface area (Å²) in [6.07, 6.45) is 0. The van der Waals surface area contributed by atoms with Gasteiger partial charge in [0.2, 0.25) is 0 Å². The molecular weight excluding hydrogens is 328 g/mol. The minimum absolute atomic E-state index is 0.826. The molecule has 1 fully saturated rings. The van der Waals surface area contributed by atoms with Gasteiger partial charge in [-0.15, -0.1) is 0 Å². The Kier molecular flexibility index (Phi) is 5.02. The first-order valence-electron chi connectivity index (χ1n) is 8.94. The van der Waals surface area contributed by atoms with Gasteiger partial charge in [-0.2, -0.15) is 0 Å². The zero-order valence-corrected chi connectivity index (χ0v) is 15.1. The Morgan fingerprint density at radius 2 is 1.40 bits per heavy atom. The number of hydrogen-bond acceptors (Lipinski definition) is 2. The van der Waals surface area contributed by atoms with Crippen LogP contribution in [-0.4, -0.2) is 36.0 Å². The molecule has 0 aliphatic carbocycles. The zero-order valence-electron chi connectivity index (χ0n) is 14.4. The monoisotopic (exact) mass is 350 g/mol. The fourth-order valence-electron chi connectivity index (χ4n) is 3.67. The predicted octanol–water partition coefficient (Wildman–Crippen LogP) is 4.81. The Hall–Kier alpha value is -1.87. The maximum absolute atomic E-state index is 6.10. The summed E-state index contributed by atoms with van der Waals surface area (Å²) < 4.78 is 0. The van der Waals surface area contributed by atoms with Crippen molar-refractivity contribution in [3.63, 3.8) is 0 Å². The lowest BCUT2D eigenvalue weighted by Gasteiger charge is -2.35. The molecule has 0 radical (unpaired) electrons. The number of rotatable bonds is 4. The fraction of sp³-hybridized carbons (Fsp3) is 0.273. The SMILES string of the molecule is Clc1cccc(CN2CCN(Cc3cccc4ccccc34)CC2)c1. The van der Waals surface area contributed by atoms with Crippen molar-refractivity contribution in [2.45, 2.75) is 13.1 Å². The summed E-state index contributed by atoms with van der Waals surface area (Å²) in [5.74, 6) is 0. The van der Waals surface area contributed by atoms with Gasteiger partial charge < -0.3 is 0 Å². The molecule has 0 atom stereocenters. The number of piperazine rings is 1. The van der Waals surface area contributed by atoms with E-state index in [4.69, 9.17) is 11.6 Å². The topological polar surface area (TPSA) is 6.48 Å². The van der Waals surface area contributed by atoms with Crippen LogP contribution in [0.4, 0.5) is 0 Å². The molecule has 1 aliphatic heterocycles. The van der Waals surface area contributed by atoms with E-state index in [9.17, 15) is 0 Å². The molecule has 128 valence electrons. The van der Waals surface area contributed by atoms with Crippen LogP contribution in [0, 0.1) is 0 Å². The van der Waals surface area contributed by atoms with Gasteiger partial charge in [-0.1, -0.05) is 66.2 Å². The second kappa shape index (κ2) is 7.57. The van der Waals surface area contributed by atoms with Crippen molar-refractivity contribution in [3.8, 4) is 0 Å². The Labute approximate surface area is 154 Å². The van der Waals surface area contributed by atoms with Crippen molar-refractivity contribution in [2.24, 2.45) is 0 Å². The lowest BCUT2D eigenvalue weighted by Crippen LogP contribution is -2.45. The highest BCUT2D eigenvalue weighted by molar-refractivity contribution is 6.30.